The molecule has 25 heavy (non-hydrogen) atoms. The number of aromatic amines is 1. The summed E-state index contributed by atoms with van der Waals surface area (Å²) < 4.78 is 6.42. The third kappa shape index (κ3) is 3.70. The number of carbonyl (C=O) groups excluding carboxylic acids is 2. The highest BCUT2D eigenvalue weighted by atomic mass is 79.9. The number of H-pyrrole nitrogens is 1. The van der Waals surface area contributed by atoms with E-state index in [9.17, 15) is 9.59 Å². The van der Waals surface area contributed by atoms with Crippen molar-refractivity contribution in [2.75, 3.05) is 13.1 Å². The Balaban J connectivity index is 1.84. The van der Waals surface area contributed by atoms with Crippen LogP contribution in [0.4, 0.5) is 0 Å². The molecular formula is C18H20BrClN2O3. The van der Waals surface area contributed by atoms with E-state index in [2.05, 4.69) is 20.9 Å². The summed E-state index contributed by atoms with van der Waals surface area (Å²) in [5.74, 6) is -0.853. The predicted molar refractivity (Wildman–Crippen MR) is 101 cm³/mol. The second kappa shape index (κ2) is 7.38. The van der Waals surface area contributed by atoms with E-state index in [1.54, 1.807) is 4.90 Å². The maximum absolute atomic E-state index is 12.7. The molecule has 0 spiro atoms. The first-order chi connectivity index (χ1) is 11.9. The maximum Gasteiger partial charge on any atom is 0.357 e. The van der Waals surface area contributed by atoms with E-state index < -0.39 is 12.1 Å². The van der Waals surface area contributed by atoms with Gasteiger partial charge >= 0.3 is 5.97 Å². The monoisotopic (exact) mass is 426 g/mol. The van der Waals surface area contributed by atoms with Gasteiger partial charge in [0.05, 0.1) is 5.02 Å². The van der Waals surface area contributed by atoms with Gasteiger partial charge in [-0.2, -0.15) is 0 Å². The summed E-state index contributed by atoms with van der Waals surface area (Å²) in [7, 11) is 0. The number of hydrogen-bond donors (Lipinski definition) is 1. The lowest BCUT2D eigenvalue weighted by molar-refractivity contribution is -0.141. The third-order valence-corrected chi connectivity index (χ3v) is 5.29. The van der Waals surface area contributed by atoms with Crippen LogP contribution in [-0.2, 0) is 9.53 Å². The number of benzene rings is 1. The summed E-state index contributed by atoms with van der Waals surface area (Å²) >= 11 is 9.74. The molecule has 1 N–H and O–H groups in total. The molecule has 1 aliphatic heterocycles. The molecule has 1 unspecified atom stereocenters. The summed E-state index contributed by atoms with van der Waals surface area (Å²) in [5, 5.41) is 1.03. The third-order valence-electron chi connectivity index (χ3n) is 4.40. The average Bonchev–Trinajstić information content (AvgIpc) is 3.20. The van der Waals surface area contributed by atoms with Crippen LogP contribution in [0.25, 0.3) is 10.9 Å². The lowest BCUT2D eigenvalue weighted by atomic mass is 10.1. The summed E-state index contributed by atoms with van der Waals surface area (Å²) in [6.07, 6.45) is 1.18. The molecule has 1 amide bonds. The lowest BCUT2D eigenvalue weighted by Gasteiger charge is -2.25. The number of esters is 1. The van der Waals surface area contributed by atoms with Crippen LogP contribution in [0.1, 0.15) is 37.2 Å². The standard InChI is InChI=1S/C18H20BrClN2O3/c1-10(2)16(17(23)22-7-3-4-8-22)25-18(24)15-14(20)12-9-11(19)5-6-13(12)21-15/h5-6,9-10,16,21H,3-4,7-8H2,1-2H3. The van der Waals surface area contributed by atoms with Crippen LogP contribution in [0.5, 0.6) is 0 Å². The molecule has 2 heterocycles. The highest BCUT2D eigenvalue weighted by Crippen LogP contribution is 2.30. The topological polar surface area (TPSA) is 62.4 Å². The van der Waals surface area contributed by atoms with E-state index in [0.717, 1.165) is 41.3 Å². The van der Waals surface area contributed by atoms with Gasteiger partial charge in [0.2, 0.25) is 0 Å². The number of halogens is 2. The maximum atomic E-state index is 12.7. The van der Waals surface area contributed by atoms with Crippen molar-refractivity contribution in [3.8, 4) is 0 Å². The SMILES string of the molecule is CC(C)C(OC(=O)c1[nH]c2ccc(Br)cc2c1Cl)C(=O)N1CCCC1. The Morgan fingerprint density at radius 1 is 1.28 bits per heavy atom. The highest BCUT2D eigenvalue weighted by molar-refractivity contribution is 9.10. The summed E-state index contributed by atoms with van der Waals surface area (Å²) in [4.78, 5) is 30.0. The smallest absolute Gasteiger partial charge is 0.357 e. The largest absolute Gasteiger partial charge is 0.447 e. The summed E-state index contributed by atoms with van der Waals surface area (Å²) in [5.41, 5.74) is 0.918. The molecule has 5 nitrogen and oxygen atoms in total. The van der Waals surface area contributed by atoms with E-state index in [0.29, 0.717) is 5.02 Å². The number of nitrogens with zero attached hydrogens (tertiary/aromatic N) is 1. The molecule has 0 saturated carbocycles. The Bertz CT molecular complexity index is 812. The van der Waals surface area contributed by atoms with Crippen molar-refractivity contribution in [3.63, 3.8) is 0 Å². The molecule has 134 valence electrons. The molecule has 1 aliphatic rings. The van der Waals surface area contributed by atoms with E-state index in [1.807, 2.05) is 32.0 Å². The molecule has 0 bridgehead atoms. The molecular weight excluding hydrogens is 408 g/mol. The van der Waals surface area contributed by atoms with Crippen LogP contribution < -0.4 is 0 Å². The van der Waals surface area contributed by atoms with Gasteiger partial charge in [0.25, 0.3) is 5.91 Å². The molecule has 1 aromatic heterocycles. The molecule has 7 heteroatoms. The van der Waals surface area contributed by atoms with Crippen LogP contribution in [0.2, 0.25) is 5.02 Å². The number of fused-ring (bicyclic) bond motifs is 1. The quantitative estimate of drug-likeness (QED) is 0.736. The molecule has 0 radical (unpaired) electrons. The first kappa shape index (κ1) is 18.3. The van der Waals surface area contributed by atoms with Crippen LogP contribution in [0.15, 0.2) is 22.7 Å². The fraction of sp³-hybridized carbons (Fsp3) is 0.444. The van der Waals surface area contributed by atoms with Gasteiger partial charge in [0.15, 0.2) is 6.10 Å². The molecule has 3 rings (SSSR count). The minimum Gasteiger partial charge on any atom is -0.447 e. The van der Waals surface area contributed by atoms with Gasteiger partial charge in [0, 0.05) is 28.5 Å². The van der Waals surface area contributed by atoms with Crippen molar-refractivity contribution >= 4 is 50.3 Å². The fourth-order valence-corrected chi connectivity index (χ4v) is 3.68. The Hall–Kier alpha value is -1.53. The van der Waals surface area contributed by atoms with Crippen molar-refractivity contribution in [2.45, 2.75) is 32.8 Å². The van der Waals surface area contributed by atoms with Gasteiger partial charge in [-0.25, -0.2) is 4.79 Å². The lowest BCUT2D eigenvalue weighted by Crippen LogP contribution is -2.42. The van der Waals surface area contributed by atoms with E-state index >= 15 is 0 Å². The zero-order valence-corrected chi connectivity index (χ0v) is 16.5. The normalized spacial score (nSPS) is 15.8. The summed E-state index contributed by atoms with van der Waals surface area (Å²) in [6, 6.07) is 5.52. The number of ether oxygens (including phenoxy) is 1. The molecule has 1 atom stereocenters. The predicted octanol–water partition coefficient (Wildman–Crippen LogP) is 4.39. The number of hydrogen-bond acceptors (Lipinski definition) is 3. The zero-order chi connectivity index (χ0) is 18.1. The van der Waals surface area contributed by atoms with Crippen LogP contribution in [0.3, 0.4) is 0 Å². The van der Waals surface area contributed by atoms with E-state index in [-0.39, 0.29) is 17.5 Å². The van der Waals surface area contributed by atoms with Gasteiger partial charge in [-0.15, -0.1) is 0 Å². The number of rotatable bonds is 4. The minimum atomic E-state index is -0.806. The second-order valence-electron chi connectivity index (χ2n) is 6.61. The van der Waals surface area contributed by atoms with Crippen LogP contribution in [-0.4, -0.2) is 41.0 Å². The van der Waals surface area contributed by atoms with Crippen molar-refractivity contribution in [2.24, 2.45) is 5.92 Å². The number of aromatic nitrogens is 1. The fourth-order valence-electron chi connectivity index (χ4n) is 3.04. The highest BCUT2D eigenvalue weighted by Gasteiger charge is 2.33. The number of carbonyl (C=O) groups is 2. The van der Waals surface area contributed by atoms with E-state index in [4.69, 9.17) is 16.3 Å². The van der Waals surface area contributed by atoms with Gasteiger partial charge in [0.1, 0.15) is 5.69 Å². The Morgan fingerprint density at radius 2 is 1.96 bits per heavy atom. The molecule has 1 saturated heterocycles. The molecule has 1 fully saturated rings. The Kier molecular flexibility index (Phi) is 5.39. The van der Waals surface area contributed by atoms with Gasteiger partial charge in [-0.1, -0.05) is 41.4 Å². The van der Waals surface area contributed by atoms with Crippen molar-refractivity contribution in [3.05, 3.63) is 33.4 Å². The zero-order valence-electron chi connectivity index (χ0n) is 14.1. The van der Waals surface area contributed by atoms with Crippen LogP contribution in [0, 0.1) is 5.92 Å². The Labute approximate surface area is 159 Å². The number of amides is 1. The van der Waals surface area contributed by atoms with Gasteiger partial charge in [-0.3, -0.25) is 4.79 Å². The molecule has 2 aromatic rings. The summed E-state index contributed by atoms with van der Waals surface area (Å²) in [6.45, 7) is 5.19. The van der Waals surface area contributed by atoms with Gasteiger partial charge < -0.3 is 14.6 Å². The average molecular weight is 428 g/mol. The molecule has 1 aromatic carbocycles. The van der Waals surface area contributed by atoms with Gasteiger partial charge in [-0.05, 0) is 37.0 Å². The van der Waals surface area contributed by atoms with Crippen LogP contribution >= 0.6 is 27.5 Å². The second-order valence-corrected chi connectivity index (χ2v) is 7.90. The van der Waals surface area contributed by atoms with E-state index in [1.165, 1.54) is 0 Å². The van der Waals surface area contributed by atoms with Crippen molar-refractivity contribution < 1.29 is 14.3 Å². The first-order valence-corrected chi connectivity index (χ1v) is 9.52. The minimum absolute atomic E-state index is 0.116. The first-order valence-electron chi connectivity index (χ1n) is 8.35. The number of nitrogens with one attached hydrogen (secondary N) is 1. The number of likely N-dealkylation sites (tertiary alicyclic amines) is 1. The Morgan fingerprint density at radius 3 is 2.60 bits per heavy atom. The van der Waals surface area contributed by atoms with Crippen molar-refractivity contribution in [1.82, 2.24) is 9.88 Å². The van der Waals surface area contributed by atoms with Crippen molar-refractivity contribution in [1.29, 1.82) is 0 Å². The molecule has 0 aliphatic carbocycles.